The highest BCUT2D eigenvalue weighted by molar-refractivity contribution is 7.79. The van der Waals surface area contributed by atoms with Crippen molar-refractivity contribution in [3.05, 3.63) is 89.5 Å². The van der Waals surface area contributed by atoms with Crippen molar-refractivity contribution in [2.24, 2.45) is 0 Å². The van der Waals surface area contributed by atoms with Gasteiger partial charge < -0.3 is 0 Å². The summed E-state index contributed by atoms with van der Waals surface area (Å²) < 4.78 is 39.9. The zero-order valence-corrected chi connectivity index (χ0v) is 14.9. The number of alkyl halides is 3. The Morgan fingerprint density at radius 3 is 1.92 bits per heavy atom. The first-order valence-corrected chi connectivity index (χ1v) is 9.29. The summed E-state index contributed by atoms with van der Waals surface area (Å²) in [7, 11) is -1.04. The first kappa shape index (κ1) is 17.7. The zero-order chi connectivity index (χ0) is 18.0. The number of benzene rings is 3. The van der Waals surface area contributed by atoms with Gasteiger partial charge in [-0.05, 0) is 55.4 Å². The van der Waals surface area contributed by atoms with Gasteiger partial charge in [0, 0.05) is 0 Å². The normalized spacial score (nSPS) is 12.8. The molecule has 0 radical (unpaired) electrons. The second kappa shape index (κ2) is 7.01. The predicted molar refractivity (Wildman–Crippen MR) is 99.6 cm³/mol. The van der Waals surface area contributed by atoms with E-state index in [9.17, 15) is 13.2 Å². The van der Waals surface area contributed by atoms with Crippen LogP contribution in [-0.2, 0) is 6.18 Å². The van der Waals surface area contributed by atoms with Crippen molar-refractivity contribution in [3.8, 4) is 0 Å². The van der Waals surface area contributed by atoms with E-state index in [0.29, 0.717) is 5.56 Å². The van der Waals surface area contributed by atoms with E-state index < -0.39 is 19.7 Å². The third kappa shape index (κ3) is 4.11. The Balaban J connectivity index is 2.21. The smallest absolute Gasteiger partial charge is 0.166 e. The average molecular weight is 358 g/mol. The van der Waals surface area contributed by atoms with Crippen molar-refractivity contribution in [1.82, 2.24) is 0 Å². The molecule has 0 fully saturated rings. The third-order valence-corrected chi connectivity index (χ3v) is 6.31. The summed E-state index contributed by atoms with van der Waals surface area (Å²) in [4.78, 5) is 0. The highest BCUT2D eigenvalue weighted by Crippen LogP contribution is 2.36. The lowest BCUT2D eigenvalue weighted by Gasteiger charge is -2.21. The molecule has 0 aliphatic rings. The van der Waals surface area contributed by atoms with Crippen LogP contribution in [0.4, 0.5) is 13.2 Å². The molecule has 1 atom stereocenters. The van der Waals surface area contributed by atoms with Crippen LogP contribution < -0.4 is 15.9 Å². The van der Waals surface area contributed by atoms with Gasteiger partial charge in [0.05, 0.1) is 5.56 Å². The van der Waals surface area contributed by atoms with Crippen LogP contribution in [0.25, 0.3) is 0 Å². The lowest BCUT2D eigenvalue weighted by molar-refractivity contribution is -0.137. The molecule has 0 aromatic heterocycles. The monoisotopic (exact) mass is 358 g/mol. The Kier molecular flexibility index (Phi) is 4.96. The molecule has 3 aromatic carbocycles. The Morgan fingerprint density at radius 1 is 0.640 bits per heavy atom. The molecule has 4 heteroatoms. The van der Waals surface area contributed by atoms with Crippen LogP contribution in [0, 0.1) is 13.8 Å². The zero-order valence-electron chi connectivity index (χ0n) is 14.0. The van der Waals surface area contributed by atoms with Crippen LogP contribution in [0.3, 0.4) is 0 Å². The fourth-order valence-electron chi connectivity index (χ4n) is 2.85. The standard InChI is InChI=1S/C21H18F3P/c1-15-7-6-10-19(12-15)25(18-8-4-3-5-9-18)20-13-16(2)11-17(14-20)21(22,23)24/h3-14H,1-2H3. The number of halogens is 3. The fraction of sp³-hybridized carbons (Fsp3) is 0.143. The maximum atomic E-state index is 13.3. The van der Waals surface area contributed by atoms with Gasteiger partial charge >= 0.3 is 6.18 Å². The summed E-state index contributed by atoms with van der Waals surface area (Å²) in [6.07, 6.45) is -4.34. The van der Waals surface area contributed by atoms with E-state index in [1.54, 1.807) is 6.92 Å². The molecule has 0 heterocycles. The van der Waals surface area contributed by atoms with E-state index >= 15 is 0 Å². The molecule has 0 saturated heterocycles. The molecule has 0 saturated carbocycles. The van der Waals surface area contributed by atoms with Crippen molar-refractivity contribution in [1.29, 1.82) is 0 Å². The molecule has 1 unspecified atom stereocenters. The lowest BCUT2D eigenvalue weighted by Crippen LogP contribution is -2.22. The van der Waals surface area contributed by atoms with Gasteiger partial charge in [0.1, 0.15) is 0 Å². The minimum absolute atomic E-state index is 0.585. The van der Waals surface area contributed by atoms with Crippen LogP contribution in [-0.4, -0.2) is 0 Å². The summed E-state index contributed by atoms with van der Waals surface area (Å²) >= 11 is 0. The van der Waals surface area contributed by atoms with Crippen molar-refractivity contribution in [2.75, 3.05) is 0 Å². The van der Waals surface area contributed by atoms with E-state index in [-0.39, 0.29) is 0 Å². The van der Waals surface area contributed by atoms with Gasteiger partial charge in [-0.1, -0.05) is 66.2 Å². The summed E-state index contributed by atoms with van der Waals surface area (Å²) in [6.45, 7) is 3.72. The van der Waals surface area contributed by atoms with Crippen LogP contribution in [0.5, 0.6) is 0 Å². The maximum Gasteiger partial charge on any atom is 0.416 e. The van der Waals surface area contributed by atoms with Crippen LogP contribution >= 0.6 is 7.92 Å². The second-order valence-electron chi connectivity index (χ2n) is 6.06. The van der Waals surface area contributed by atoms with E-state index in [4.69, 9.17) is 0 Å². The van der Waals surface area contributed by atoms with Gasteiger partial charge in [0.25, 0.3) is 0 Å². The Morgan fingerprint density at radius 2 is 1.28 bits per heavy atom. The minimum Gasteiger partial charge on any atom is -0.166 e. The molecule has 0 amide bonds. The third-order valence-electron chi connectivity index (χ3n) is 3.92. The number of hydrogen-bond donors (Lipinski definition) is 0. The lowest BCUT2D eigenvalue weighted by atomic mass is 10.1. The van der Waals surface area contributed by atoms with Crippen molar-refractivity contribution >= 4 is 23.8 Å². The molecule has 0 bridgehead atoms. The highest BCUT2D eigenvalue weighted by Gasteiger charge is 2.32. The summed E-state index contributed by atoms with van der Waals surface area (Å²) in [5.41, 5.74) is 1.14. The highest BCUT2D eigenvalue weighted by atomic mass is 31.1. The van der Waals surface area contributed by atoms with Crippen LogP contribution in [0.15, 0.2) is 72.8 Å². The molecule has 0 spiro atoms. The fourth-order valence-corrected chi connectivity index (χ4v) is 5.38. The molecule has 0 aliphatic heterocycles. The largest absolute Gasteiger partial charge is 0.416 e. The van der Waals surface area contributed by atoms with Crippen LogP contribution in [0.1, 0.15) is 16.7 Å². The first-order valence-electron chi connectivity index (χ1n) is 7.95. The molecule has 0 aliphatic carbocycles. The molecule has 25 heavy (non-hydrogen) atoms. The predicted octanol–water partition coefficient (Wildman–Crippen LogP) is 5.08. The Bertz CT molecular complexity index is 870. The number of aryl methyl sites for hydroxylation is 2. The van der Waals surface area contributed by atoms with Crippen LogP contribution in [0.2, 0.25) is 0 Å². The molecule has 3 rings (SSSR count). The Labute approximate surface area is 147 Å². The summed E-state index contributed by atoms with van der Waals surface area (Å²) in [5, 5.41) is 2.82. The van der Waals surface area contributed by atoms with Gasteiger partial charge in [0.15, 0.2) is 0 Å². The van der Waals surface area contributed by atoms with Gasteiger partial charge in [-0.3, -0.25) is 0 Å². The van der Waals surface area contributed by atoms with Crippen molar-refractivity contribution in [3.63, 3.8) is 0 Å². The second-order valence-corrected chi connectivity index (χ2v) is 8.28. The summed E-state index contributed by atoms with van der Waals surface area (Å²) in [6, 6.07) is 22.2. The minimum atomic E-state index is -4.34. The number of hydrogen-bond acceptors (Lipinski definition) is 0. The van der Waals surface area contributed by atoms with Gasteiger partial charge in [-0.25, -0.2) is 0 Å². The molecule has 0 N–H and O–H groups in total. The van der Waals surface area contributed by atoms with E-state index in [1.807, 2.05) is 61.5 Å². The van der Waals surface area contributed by atoms with E-state index in [0.717, 1.165) is 21.5 Å². The maximum absolute atomic E-state index is 13.3. The van der Waals surface area contributed by atoms with E-state index in [2.05, 4.69) is 6.07 Å². The van der Waals surface area contributed by atoms with E-state index in [1.165, 1.54) is 12.1 Å². The topological polar surface area (TPSA) is 0 Å². The van der Waals surface area contributed by atoms with Gasteiger partial charge in [0.2, 0.25) is 0 Å². The molecular formula is C21H18F3P. The number of rotatable bonds is 3. The van der Waals surface area contributed by atoms with Crippen molar-refractivity contribution < 1.29 is 13.2 Å². The molecule has 128 valence electrons. The quantitative estimate of drug-likeness (QED) is 0.573. The Hall–Kier alpha value is -2.12. The van der Waals surface area contributed by atoms with Gasteiger partial charge in [-0.2, -0.15) is 13.2 Å². The molecule has 0 nitrogen and oxygen atoms in total. The average Bonchev–Trinajstić information content (AvgIpc) is 2.55. The SMILES string of the molecule is Cc1cccc(P(c2ccccc2)c2cc(C)cc(C(F)(F)F)c2)c1. The van der Waals surface area contributed by atoms with Crippen molar-refractivity contribution in [2.45, 2.75) is 20.0 Å². The molecular weight excluding hydrogens is 340 g/mol. The molecule has 3 aromatic rings. The summed E-state index contributed by atoms with van der Waals surface area (Å²) in [5.74, 6) is 0. The van der Waals surface area contributed by atoms with Gasteiger partial charge in [-0.15, -0.1) is 0 Å². The first-order chi connectivity index (χ1) is 11.8.